The van der Waals surface area contributed by atoms with Crippen LogP contribution < -0.4 is 0 Å². The zero-order chi connectivity index (χ0) is 33.9. The fraction of sp³-hybridized carbons (Fsp3) is 0.757. The van der Waals surface area contributed by atoms with Crippen molar-refractivity contribution in [3.8, 4) is 0 Å². The molecule has 1 aromatic rings. The third-order valence-corrected chi connectivity index (χ3v) is 16.2. The number of carbonyl (C=O) groups excluding carboxylic acids is 2. The first-order valence-electron chi connectivity index (χ1n) is 17.5. The van der Waals surface area contributed by atoms with Crippen LogP contribution in [-0.4, -0.2) is 77.5 Å². The molecule has 1 aromatic heterocycles. The van der Waals surface area contributed by atoms with Gasteiger partial charge in [-0.25, -0.2) is 4.98 Å². The Morgan fingerprint density at radius 3 is 2.47 bits per heavy atom. The summed E-state index contributed by atoms with van der Waals surface area (Å²) < 4.78 is 2.16. The van der Waals surface area contributed by atoms with Crippen LogP contribution >= 0.6 is 21.6 Å². The number of hydrogen-bond donors (Lipinski definition) is 4. The molecule has 2 heterocycles. The van der Waals surface area contributed by atoms with Gasteiger partial charge in [0.05, 0.1) is 30.2 Å². The Bertz CT molecular complexity index is 1400. The quantitative estimate of drug-likeness (QED) is 0.183. The first-order chi connectivity index (χ1) is 22.2. The molecule has 260 valence electrons. The molecule has 5 aliphatic rings. The van der Waals surface area contributed by atoms with E-state index in [4.69, 9.17) is 0 Å². The Kier molecular flexibility index (Phi) is 9.82. The van der Waals surface area contributed by atoms with Crippen LogP contribution in [0.15, 0.2) is 42.0 Å². The number of carbonyl (C=O) groups is 2. The van der Waals surface area contributed by atoms with Crippen LogP contribution in [0.1, 0.15) is 92.0 Å². The predicted molar refractivity (Wildman–Crippen MR) is 186 cm³/mol. The molecular formula is C37H54N2O6S2. The van der Waals surface area contributed by atoms with Crippen molar-refractivity contribution >= 4 is 33.7 Å². The summed E-state index contributed by atoms with van der Waals surface area (Å²) >= 11 is 0. The zero-order valence-corrected chi connectivity index (χ0v) is 30.2. The summed E-state index contributed by atoms with van der Waals surface area (Å²) in [7, 11) is 3.60. The predicted octanol–water partition coefficient (Wildman–Crippen LogP) is 5.57. The maximum Gasteiger partial charge on any atom is 0.159 e. The molecule has 1 saturated heterocycles. The molecule has 10 heteroatoms. The lowest BCUT2D eigenvalue weighted by molar-refractivity contribution is -0.158. The number of aldehydes is 1. The average molecular weight is 687 g/mol. The van der Waals surface area contributed by atoms with Crippen LogP contribution in [0.5, 0.6) is 0 Å². The van der Waals surface area contributed by atoms with E-state index in [0.29, 0.717) is 19.3 Å². The van der Waals surface area contributed by atoms with Crippen molar-refractivity contribution in [3.63, 3.8) is 0 Å². The summed E-state index contributed by atoms with van der Waals surface area (Å²) in [5.41, 5.74) is -0.679. The zero-order valence-electron chi connectivity index (χ0n) is 28.5. The lowest BCUT2D eigenvalue weighted by Crippen LogP contribution is -2.62. The van der Waals surface area contributed by atoms with Crippen molar-refractivity contribution in [2.45, 2.75) is 116 Å². The third-order valence-electron chi connectivity index (χ3n) is 13.7. The smallest absolute Gasteiger partial charge is 0.159 e. The van der Waals surface area contributed by atoms with E-state index in [9.17, 15) is 30.0 Å². The van der Waals surface area contributed by atoms with E-state index in [1.807, 2.05) is 29.4 Å². The Morgan fingerprint density at radius 2 is 1.77 bits per heavy atom. The van der Waals surface area contributed by atoms with Crippen LogP contribution in [0.25, 0.3) is 0 Å². The molecule has 0 spiro atoms. The number of rotatable bonds is 3. The van der Waals surface area contributed by atoms with Gasteiger partial charge < -0.3 is 29.8 Å². The van der Waals surface area contributed by atoms with Gasteiger partial charge in [0.2, 0.25) is 0 Å². The van der Waals surface area contributed by atoms with Crippen molar-refractivity contribution in [2.24, 2.45) is 45.8 Å². The highest BCUT2D eigenvalue weighted by molar-refractivity contribution is 8.76. The molecule has 0 aromatic carbocycles. The normalized spacial score (nSPS) is 46.5. The number of aromatic nitrogens is 2. The molecule has 4 aliphatic carbocycles. The van der Waals surface area contributed by atoms with E-state index in [1.54, 1.807) is 23.1 Å². The fourth-order valence-corrected chi connectivity index (χ4v) is 13.6. The SMILES string of the molecule is CC1C(O)CC(=CCC=O)C(C)(C)CC(n2ccnc2)CSSCC2CC1C1(C)CCC3C(=CC(=O)C4CC(O)C(O)CC43C)C21O. The van der Waals surface area contributed by atoms with Crippen molar-refractivity contribution < 1.29 is 30.0 Å². The third kappa shape index (κ3) is 5.84. The number of aliphatic hydroxyl groups is 4. The Labute approximate surface area is 287 Å². The molecular weight excluding hydrogens is 633 g/mol. The van der Waals surface area contributed by atoms with Crippen LogP contribution in [0.4, 0.5) is 0 Å². The van der Waals surface area contributed by atoms with Gasteiger partial charge in [0.25, 0.3) is 0 Å². The highest BCUT2D eigenvalue weighted by Gasteiger charge is 2.70. The minimum Gasteiger partial charge on any atom is -0.393 e. The molecule has 12 atom stereocenters. The van der Waals surface area contributed by atoms with Gasteiger partial charge in [0, 0.05) is 53.6 Å². The van der Waals surface area contributed by atoms with E-state index in [0.717, 1.165) is 54.6 Å². The maximum absolute atomic E-state index is 13.9. The molecule has 0 radical (unpaired) electrons. The molecule has 6 rings (SSSR count). The Hall–Kier alpha value is -1.43. The molecule has 1 aliphatic heterocycles. The van der Waals surface area contributed by atoms with Gasteiger partial charge in [-0.15, -0.1) is 0 Å². The second kappa shape index (κ2) is 13.0. The minimum absolute atomic E-state index is 0.0245. The Morgan fingerprint density at radius 1 is 1.02 bits per heavy atom. The molecule has 0 amide bonds. The maximum atomic E-state index is 13.9. The summed E-state index contributed by atoms with van der Waals surface area (Å²) in [6, 6.07) is 0.148. The average Bonchev–Trinajstić information content (AvgIpc) is 3.63. The molecule has 2 bridgehead atoms. The number of ketones is 1. The van der Waals surface area contributed by atoms with Crippen LogP contribution in [0.2, 0.25) is 0 Å². The molecule has 4 N–H and O–H groups in total. The number of allylic oxidation sites excluding steroid dienone is 2. The van der Waals surface area contributed by atoms with Gasteiger partial charge in [0.15, 0.2) is 5.78 Å². The Balaban J connectivity index is 1.40. The summed E-state index contributed by atoms with van der Waals surface area (Å²) in [6.07, 6.45) is 12.4. The van der Waals surface area contributed by atoms with E-state index in [2.05, 4.69) is 44.2 Å². The highest BCUT2D eigenvalue weighted by atomic mass is 33.1. The second-order valence-electron chi connectivity index (χ2n) is 16.5. The number of hydrogen-bond acceptors (Lipinski definition) is 9. The van der Waals surface area contributed by atoms with E-state index in [-0.39, 0.29) is 53.3 Å². The number of fused-ring (bicyclic) bond motifs is 9. The van der Waals surface area contributed by atoms with Gasteiger partial charge in [-0.1, -0.05) is 67.9 Å². The number of nitrogens with zero attached hydrogens (tertiary/aromatic N) is 2. The van der Waals surface area contributed by atoms with Crippen LogP contribution in [0, 0.1) is 45.8 Å². The molecule has 47 heavy (non-hydrogen) atoms. The standard InChI is InChI=1S/C37H54N2O6S2/c1-22-27-13-24(19-46-47-20-25(39-11-10-38-21-39)17-34(2,3)23(7-6-12-40)14-30(22)41)37(45)28-15-31(42)29-16-32(43)33(44)18-35(29,4)26(28)8-9-36(27,37)5/h7,10-12,15,21-22,24-27,29-30,32-33,41,43-45H,6,8-9,13-14,16-20H2,1-5H3. The second-order valence-corrected chi connectivity index (χ2v) is 19.1. The largest absolute Gasteiger partial charge is 0.393 e. The van der Waals surface area contributed by atoms with E-state index < -0.39 is 34.7 Å². The molecule has 3 saturated carbocycles. The van der Waals surface area contributed by atoms with E-state index in [1.165, 1.54) is 0 Å². The van der Waals surface area contributed by atoms with Gasteiger partial charge in [-0.3, -0.25) is 4.79 Å². The monoisotopic (exact) mass is 686 g/mol. The summed E-state index contributed by atoms with van der Waals surface area (Å²) in [5, 5.41) is 46.7. The summed E-state index contributed by atoms with van der Waals surface area (Å²) in [5.74, 6) is 0.879. The van der Waals surface area contributed by atoms with E-state index >= 15 is 0 Å². The van der Waals surface area contributed by atoms with Gasteiger partial charge in [0.1, 0.15) is 6.29 Å². The van der Waals surface area contributed by atoms with Gasteiger partial charge in [-0.05, 0) is 85.2 Å². The first kappa shape index (κ1) is 35.4. The lowest BCUT2D eigenvalue weighted by Gasteiger charge is -2.61. The number of imidazole rings is 1. The molecule has 12 unspecified atom stereocenters. The summed E-state index contributed by atoms with van der Waals surface area (Å²) in [4.78, 5) is 29.7. The molecule has 4 fully saturated rings. The number of aliphatic hydroxyl groups excluding tert-OH is 3. The highest BCUT2D eigenvalue weighted by Crippen LogP contribution is 2.70. The van der Waals surface area contributed by atoms with Gasteiger partial charge >= 0.3 is 0 Å². The first-order valence-corrected chi connectivity index (χ1v) is 20.0. The van der Waals surface area contributed by atoms with Crippen LogP contribution in [0.3, 0.4) is 0 Å². The van der Waals surface area contributed by atoms with Crippen LogP contribution in [-0.2, 0) is 9.59 Å². The fourth-order valence-electron chi connectivity index (χ4n) is 10.9. The van der Waals surface area contributed by atoms with Crippen molar-refractivity contribution in [2.75, 3.05) is 11.5 Å². The molecule has 8 nitrogen and oxygen atoms in total. The minimum atomic E-state index is -1.23. The topological polar surface area (TPSA) is 133 Å². The van der Waals surface area contributed by atoms with Crippen molar-refractivity contribution in [1.82, 2.24) is 9.55 Å². The summed E-state index contributed by atoms with van der Waals surface area (Å²) in [6.45, 7) is 10.8. The lowest BCUT2D eigenvalue weighted by atomic mass is 9.45. The van der Waals surface area contributed by atoms with Crippen molar-refractivity contribution in [3.05, 3.63) is 42.0 Å². The van der Waals surface area contributed by atoms with Gasteiger partial charge in [-0.2, -0.15) is 0 Å². The van der Waals surface area contributed by atoms with Crippen molar-refractivity contribution in [1.29, 1.82) is 0 Å².